The molecular weight excluding hydrogens is 481 g/mol. The molecule has 3 aromatic carbocycles. The number of anilines is 1. The van der Waals surface area contributed by atoms with Crippen LogP contribution in [0.25, 0.3) is 11.8 Å². The van der Waals surface area contributed by atoms with E-state index in [9.17, 15) is 4.79 Å². The summed E-state index contributed by atoms with van der Waals surface area (Å²) in [4.78, 5) is 15.1. The Balaban J connectivity index is 1.84. The molecule has 2 nitrogen and oxygen atoms in total. The SMILES string of the molecule is Cc1cc(N2C(=O)/C(=C/c3ccccc3)C=C2c2ccc(Cl)cc2)ccc1I. The van der Waals surface area contributed by atoms with Gasteiger partial charge in [-0.25, -0.2) is 0 Å². The van der Waals surface area contributed by atoms with E-state index in [1.165, 1.54) is 3.57 Å². The molecule has 1 amide bonds. The lowest BCUT2D eigenvalue weighted by molar-refractivity contribution is -0.113. The van der Waals surface area contributed by atoms with Crippen molar-refractivity contribution in [3.05, 3.63) is 110 Å². The molecule has 0 aromatic heterocycles. The second-order valence-electron chi connectivity index (χ2n) is 6.62. The third-order valence-corrected chi connectivity index (χ3v) is 6.11. The van der Waals surface area contributed by atoms with Gasteiger partial charge < -0.3 is 0 Å². The van der Waals surface area contributed by atoms with Crippen molar-refractivity contribution in [2.24, 2.45) is 0 Å². The number of carbonyl (C=O) groups excluding carboxylic acids is 1. The predicted octanol–water partition coefficient (Wildman–Crippen LogP) is 6.72. The van der Waals surface area contributed by atoms with Crippen LogP contribution in [0.2, 0.25) is 5.02 Å². The molecule has 1 aliphatic heterocycles. The highest BCUT2D eigenvalue weighted by molar-refractivity contribution is 14.1. The van der Waals surface area contributed by atoms with Gasteiger partial charge in [-0.2, -0.15) is 0 Å². The molecule has 0 saturated carbocycles. The van der Waals surface area contributed by atoms with Gasteiger partial charge in [0.1, 0.15) is 0 Å². The van der Waals surface area contributed by atoms with Crippen LogP contribution in [0.1, 0.15) is 16.7 Å². The van der Waals surface area contributed by atoms with Crippen molar-refractivity contribution in [1.29, 1.82) is 0 Å². The zero-order chi connectivity index (χ0) is 19.7. The van der Waals surface area contributed by atoms with Crippen LogP contribution in [-0.4, -0.2) is 5.91 Å². The molecule has 0 radical (unpaired) electrons. The Morgan fingerprint density at radius 1 is 0.964 bits per heavy atom. The Hall–Kier alpha value is -2.37. The minimum atomic E-state index is -0.0330. The second kappa shape index (κ2) is 7.94. The Kier molecular flexibility index (Phi) is 5.38. The lowest BCUT2D eigenvalue weighted by Gasteiger charge is -2.21. The first-order valence-corrected chi connectivity index (χ1v) is 10.3. The number of halogens is 2. The summed E-state index contributed by atoms with van der Waals surface area (Å²) < 4.78 is 1.17. The van der Waals surface area contributed by atoms with Gasteiger partial charge in [-0.1, -0.05) is 54.1 Å². The summed E-state index contributed by atoms with van der Waals surface area (Å²) in [5, 5.41) is 0.672. The topological polar surface area (TPSA) is 20.3 Å². The van der Waals surface area contributed by atoms with Crippen molar-refractivity contribution in [3.63, 3.8) is 0 Å². The smallest absolute Gasteiger partial charge is 0.262 e. The van der Waals surface area contributed by atoms with E-state index in [1.54, 1.807) is 4.90 Å². The first kappa shape index (κ1) is 19.0. The summed E-state index contributed by atoms with van der Waals surface area (Å²) in [6, 6.07) is 23.5. The van der Waals surface area contributed by atoms with E-state index >= 15 is 0 Å². The largest absolute Gasteiger partial charge is 0.276 e. The highest BCUT2D eigenvalue weighted by atomic mass is 127. The summed E-state index contributed by atoms with van der Waals surface area (Å²) in [5.74, 6) is -0.0330. The number of hydrogen-bond acceptors (Lipinski definition) is 1. The summed E-state index contributed by atoms with van der Waals surface area (Å²) in [5.41, 5.74) is 5.46. The molecule has 0 bridgehead atoms. The Morgan fingerprint density at radius 2 is 1.68 bits per heavy atom. The predicted molar refractivity (Wildman–Crippen MR) is 125 cm³/mol. The molecule has 0 spiro atoms. The van der Waals surface area contributed by atoms with Crippen molar-refractivity contribution < 1.29 is 4.79 Å². The van der Waals surface area contributed by atoms with Crippen LogP contribution in [0.4, 0.5) is 5.69 Å². The average Bonchev–Trinajstić information content (AvgIpc) is 3.02. The molecule has 0 N–H and O–H groups in total. The summed E-state index contributed by atoms with van der Waals surface area (Å²) in [6.07, 6.45) is 3.88. The van der Waals surface area contributed by atoms with Crippen LogP contribution in [0.5, 0.6) is 0 Å². The Morgan fingerprint density at radius 3 is 2.36 bits per heavy atom. The summed E-state index contributed by atoms with van der Waals surface area (Å²) in [6.45, 7) is 2.05. The van der Waals surface area contributed by atoms with E-state index in [0.29, 0.717) is 10.6 Å². The average molecular weight is 498 g/mol. The van der Waals surface area contributed by atoms with Crippen molar-refractivity contribution in [2.45, 2.75) is 6.92 Å². The van der Waals surface area contributed by atoms with Crippen molar-refractivity contribution in [3.8, 4) is 0 Å². The number of aryl methyl sites for hydroxylation is 1. The monoisotopic (exact) mass is 497 g/mol. The molecule has 0 aliphatic carbocycles. The molecule has 0 saturated heterocycles. The first-order valence-electron chi connectivity index (χ1n) is 8.88. The van der Waals surface area contributed by atoms with E-state index in [2.05, 4.69) is 35.6 Å². The lowest BCUT2D eigenvalue weighted by Crippen LogP contribution is -2.25. The summed E-state index contributed by atoms with van der Waals surface area (Å²) >= 11 is 8.37. The number of benzene rings is 3. The molecule has 0 fully saturated rings. The lowest BCUT2D eigenvalue weighted by atomic mass is 10.1. The maximum atomic E-state index is 13.3. The fraction of sp³-hybridized carbons (Fsp3) is 0.0417. The van der Waals surface area contributed by atoms with Crippen LogP contribution in [-0.2, 0) is 4.79 Å². The van der Waals surface area contributed by atoms with Crippen LogP contribution < -0.4 is 4.90 Å². The third-order valence-electron chi connectivity index (χ3n) is 4.64. The number of carbonyl (C=O) groups is 1. The second-order valence-corrected chi connectivity index (χ2v) is 8.22. The van der Waals surface area contributed by atoms with Gasteiger partial charge in [-0.05, 0) is 88.7 Å². The first-order chi connectivity index (χ1) is 13.5. The fourth-order valence-electron chi connectivity index (χ4n) is 3.20. The van der Waals surface area contributed by atoms with Crippen molar-refractivity contribution in [2.75, 3.05) is 4.90 Å². The van der Waals surface area contributed by atoms with Gasteiger partial charge in [0.2, 0.25) is 0 Å². The quantitative estimate of drug-likeness (QED) is 0.290. The van der Waals surface area contributed by atoms with E-state index in [0.717, 1.165) is 28.1 Å². The van der Waals surface area contributed by atoms with Gasteiger partial charge in [0.25, 0.3) is 5.91 Å². The standard InChI is InChI=1S/C24H17ClINO/c1-16-13-21(11-12-22(16)26)27-23(18-7-9-20(25)10-8-18)15-19(24(27)28)14-17-5-3-2-4-6-17/h2-15H,1H3/b19-14+. The van der Waals surface area contributed by atoms with Gasteiger partial charge in [0.15, 0.2) is 0 Å². The zero-order valence-electron chi connectivity index (χ0n) is 15.2. The van der Waals surface area contributed by atoms with E-state index in [4.69, 9.17) is 11.6 Å². The molecule has 3 aromatic rings. The highest BCUT2D eigenvalue weighted by Crippen LogP contribution is 2.36. The number of rotatable bonds is 3. The van der Waals surface area contributed by atoms with Crippen LogP contribution in [0, 0.1) is 10.5 Å². The van der Waals surface area contributed by atoms with Crippen molar-refractivity contribution in [1.82, 2.24) is 0 Å². The number of amides is 1. The van der Waals surface area contributed by atoms with Gasteiger partial charge in [-0.3, -0.25) is 9.69 Å². The molecule has 1 heterocycles. The maximum absolute atomic E-state index is 13.3. The van der Waals surface area contributed by atoms with Crippen molar-refractivity contribution >= 4 is 57.6 Å². The molecule has 0 atom stereocenters. The number of nitrogens with zero attached hydrogens (tertiary/aromatic N) is 1. The highest BCUT2D eigenvalue weighted by Gasteiger charge is 2.30. The molecule has 0 unspecified atom stereocenters. The van der Waals surface area contributed by atoms with E-state index in [1.807, 2.05) is 78.9 Å². The maximum Gasteiger partial charge on any atom is 0.262 e. The minimum Gasteiger partial charge on any atom is -0.276 e. The van der Waals surface area contributed by atoms with E-state index < -0.39 is 0 Å². The van der Waals surface area contributed by atoms with Crippen LogP contribution >= 0.6 is 34.2 Å². The molecule has 28 heavy (non-hydrogen) atoms. The fourth-order valence-corrected chi connectivity index (χ4v) is 3.66. The van der Waals surface area contributed by atoms with Gasteiger partial charge in [0, 0.05) is 19.9 Å². The van der Waals surface area contributed by atoms with Crippen LogP contribution in [0.15, 0.2) is 84.4 Å². The van der Waals surface area contributed by atoms with Gasteiger partial charge >= 0.3 is 0 Å². The number of hydrogen-bond donors (Lipinski definition) is 0. The molecule has 138 valence electrons. The summed E-state index contributed by atoms with van der Waals surface area (Å²) in [7, 11) is 0. The van der Waals surface area contributed by atoms with Gasteiger partial charge in [-0.15, -0.1) is 0 Å². The minimum absolute atomic E-state index is 0.0330. The van der Waals surface area contributed by atoms with Gasteiger partial charge in [0.05, 0.1) is 5.70 Å². The normalized spacial score (nSPS) is 15.2. The Labute approximate surface area is 183 Å². The van der Waals surface area contributed by atoms with E-state index in [-0.39, 0.29) is 5.91 Å². The molecule has 4 rings (SSSR count). The Bertz CT molecular complexity index is 1100. The zero-order valence-corrected chi connectivity index (χ0v) is 18.1. The third kappa shape index (κ3) is 3.77. The molecular formula is C24H17ClINO. The molecule has 4 heteroatoms. The van der Waals surface area contributed by atoms with Crippen LogP contribution in [0.3, 0.4) is 0 Å². The molecule has 1 aliphatic rings.